The van der Waals surface area contributed by atoms with Crippen LogP contribution in [0.15, 0.2) is 48.9 Å². The highest BCUT2D eigenvalue weighted by molar-refractivity contribution is 5.81. The minimum absolute atomic E-state index is 0.805. The number of pyridine rings is 1. The van der Waals surface area contributed by atoms with Gasteiger partial charge in [-0.2, -0.15) is 5.10 Å². The van der Waals surface area contributed by atoms with E-state index in [2.05, 4.69) is 44.8 Å². The third kappa shape index (κ3) is 2.24. The molecule has 18 heavy (non-hydrogen) atoms. The van der Waals surface area contributed by atoms with Gasteiger partial charge in [-0.05, 0) is 11.6 Å². The quantitative estimate of drug-likeness (QED) is 0.733. The number of para-hydroxylation sites is 1. The van der Waals surface area contributed by atoms with Gasteiger partial charge in [0.15, 0.2) is 0 Å². The van der Waals surface area contributed by atoms with Crippen LogP contribution in [0, 0.1) is 0 Å². The molecule has 0 saturated heterocycles. The minimum atomic E-state index is 0.805. The molecule has 3 aromatic rings. The average Bonchev–Trinajstić information content (AvgIpc) is 2.92. The van der Waals surface area contributed by atoms with Crippen molar-refractivity contribution in [2.24, 2.45) is 0 Å². The van der Waals surface area contributed by atoms with Crippen molar-refractivity contribution < 1.29 is 0 Å². The average molecular weight is 238 g/mol. The molecule has 3 rings (SSSR count). The molecular weight excluding hydrogens is 224 g/mol. The van der Waals surface area contributed by atoms with Crippen LogP contribution in [-0.4, -0.2) is 15.2 Å². The molecule has 0 aliphatic heterocycles. The SMILES string of the molecule is c1cnc2c(CNCc3cn[nH]c3)cccc2c1. The van der Waals surface area contributed by atoms with E-state index in [1.807, 2.05) is 24.7 Å². The zero-order valence-electron chi connectivity index (χ0n) is 9.93. The van der Waals surface area contributed by atoms with Crippen molar-refractivity contribution in [1.82, 2.24) is 20.5 Å². The Balaban J connectivity index is 1.74. The lowest BCUT2D eigenvalue weighted by Crippen LogP contribution is -2.12. The Labute approximate surface area is 105 Å². The number of aromatic nitrogens is 3. The molecule has 0 fully saturated rings. The second-order valence-corrected chi connectivity index (χ2v) is 4.20. The fourth-order valence-corrected chi connectivity index (χ4v) is 2.03. The molecule has 0 spiro atoms. The third-order valence-corrected chi connectivity index (χ3v) is 2.92. The van der Waals surface area contributed by atoms with Gasteiger partial charge in [0.25, 0.3) is 0 Å². The number of nitrogens with one attached hydrogen (secondary N) is 2. The number of nitrogens with zero attached hydrogens (tertiary/aromatic N) is 2. The maximum Gasteiger partial charge on any atom is 0.0746 e. The van der Waals surface area contributed by atoms with Gasteiger partial charge < -0.3 is 5.32 Å². The summed E-state index contributed by atoms with van der Waals surface area (Å²) in [6, 6.07) is 10.3. The van der Waals surface area contributed by atoms with Gasteiger partial charge in [-0.15, -0.1) is 0 Å². The molecule has 90 valence electrons. The molecule has 4 nitrogen and oxygen atoms in total. The van der Waals surface area contributed by atoms with E-state index in [1.165, 1.54) is 10.9 Å². The Morgan fingerprint density at radius 3 is 2.94 bits per heavy atom. The first-order chi connectivity index (χ1) is 8.93. The van der Waals surface area contributed by atoms with Crippen LogP contribution in [0.4, 0.5) is 0 Å². The summed E-state index contributed by atoms with van der Waals surface area (Å²) in [6.45, 7) is 1.61. The summed E-state index contributed by atoms with van der Waals surface area (Å²) in [5.74, 6) is 0. The summed E-state index contributed by atoms with van der Waals surface area (Å²) in [6.07, 6.45) is 5.56. The summed E-state index contributed by atoms with van der Waals surface area (Å²) in [5.41, 5.74) is 3.44. The van der Waals surface area contributed by atoms with Gasteiger partial charge in [0.2, 0.25) is 0 Å². The second-order valence-electron chi connectivity index (χ2n) is 4.20. The fourth-order valence-electron chi connectivity index (χ4n) is 2.03. The number of benzene rings is 1. The standard InChI is InChI=1S/C14H14N4/c1-3-12-5-2-6-16-14(12)13(4-1)10-15-7-11-8-17-18-9-11/h1-6,8-9,15H,7,10H2,(H,17,18). The van der Waals surface area contributed by atoms with Crippen LogP contribution in [0.5, 0.6) is 0 Å². The Kier molecular flexibility index (Phi) is 3.02. The minimum Gasteiger partial charge on any atom is -0.308 e. The Morgan fingerprint density at radius 1 is 1.11 bits per heavy atom. The Morgan fingerprint density at radius 2 is 2.06 bits per heavy atom. The van der Waals surface area contributed by atoms with E-state index >= 15 is 0 Å². The summed E-state index contributed by atoms with van der Waals surface area (Å²) in [5, 5.41) is 11.3. The molecule has 2 heterocycles. The van der Waals surface area contributed by atoms with E-state index in [0.717, 1.165) is 24.2 Å². The molecule has 2 aromatic heterocycles. The molecule has 0 bridgehead atoms. The van der Waals surface area contributed by atoms with Crippen molar-refractivity contribution in [3.63, 3.8) is 0 Å². The number of rotatable bonds is 4. The lowest BCUT2D eigenvalue weighted by atomic mass is 10.1. The first-order valence-electron chi connectivity index (χ1n) is 5.94. The number of hydrogen-bond acceptors (Lipinski definition) is 3. The van der Waals surface area contributed by atoms with Crippen LogP contribution in [0.25, 0.3) is 10.9 Å². The van der Waals surface area contributed by atoms with Crippen molar-refractivity contribution in [3.05, 3.63) is 60.0 Å². The Hall–Kier alpha value is -2.20. The lowest BCUT2D eigenvalue weighted by Gasteiger charge is -2.06. The van der Waals surface area contributed by atoms with Crippen LogP contribution in [0.1, 0.15) is 11.1 Å². The molecule has 2 N–H and O–H groups in total. The number of fused-ring (bicyclic) bond motifs is 1. The van der Waals surface area contributed by atoms with Crippen LogP contribution < -0.4 is 5.32 Å². The van der Waals surface area contributed by atoms with Crippen LogP contribution in [0.3, 0.4) is 0 Å². The smallest absolute Gasteiger partial charge is 0.0746 e. The number of H-pyrrole nitrogens is 1. The van der Waals surface area contributed by atoms with Crippen LogP contribution >= 0.6 is 0 Å². The highest BCUT2D eigenvalue weighted by Crippen LogP contribution is 2.15. The summed E-state index contributed by atoms with van der Waals surface area (Å²) in [4.78, 5) is 4.44. The molecule has 0 aliphatic rings. The molecule has 4 heteroatoms. The van der Waals surface area contributed by atoms with E-state index in [0.29, 0.717) is 0 Å². The largest absolute Gasteiger partial charge is 0.308 e. The van der Waals surface area contributed by atoms with Gasteiger partial charge in [0.05, 0.1) is 11.7 Å². The zero-order valence-corrected chi connectivity index (χ0v) is 9.93. The maximum absolute atomic E-state index is 4.44. The van der Waals surface area contributed by atoms with Gasteiger partial charge in [0, 0.05) is 36.4 Å². The number of hydrogen-bond donors (Lipinski definition) is 2. The summed E-state index contributed by atoms with van der Waals surface area (Å²) >= 11 is 0. The molecule has 0 amide bonds. The fraction of sp³-hybridized carbons (Fsp3) is 0.143. The van der Waals surface area contributed by atoms with Crippen molar-refractivity contribution in [2.75, 3.05) is 0 Å². The van der Waals surface area contributed by atoms with E-state index in [1.54, 1.807) is 0 Å². The van der Waals surface area contributed by atoms with Crippen molar-refractivity contribution >= 4 is 10.9 Å². The lowest BCUT2D eigenvalue weighted by molar-refractivity contribution is 0.696. The first kappa shape index (κ1) is 10.9. The highest BCUT2D eigenvalue weighted by Gasteiger charge is 2.01. The van der Waals surface area contributed by atoms with E-state index in [4.69, 9.17) is 0 Å². The van der Waals surface area contributed by atoms with Gasteiger partial charge >= 0.3 is 0 Å². The first-order valence-corrected chi connectivity index (χ1v) is 5.94. The molecule has 0 saturated carbocycles. The zero-order chi connectivity index (χ0) is 12.2. The second kappa shape index (κ2) is 4.98. The molecular formula is C14H14N4. The molecule has 1 aromatic carbocycles. The Bertz CT molecular complexity index is 626. The van der Waals surface area contributed by atoms with Crippen LogP contribution in [0.2, 0.25) is 0 Å². The van der Waals surface area contributed by atoms with Gasteiger partial charge in [-0.25, -0.2) is 0 Å². The predicted octanol–water partition coefficient (Wildman–Crippen LogP) is 2.25. The van der Waals surface area contributed by atoms with E-state index in [9.17, 15) is 0 Å². The topological polar surface area (TPSA) is 53.6 Å². The van der Waals surface area contributed by atoms with Crippen molar-refractivity contribution in [2.45, 2.75) is 13.1 Å². The third-order valence-electron chi connectivity index (χ3n) is 2.92. The molecule has 0 aliphatic carbocycles. The summed E-state index contributed by atoms with van der Waals surface area (Å²) in [7, 11) is 0. The molecule has 0 radical (unpaired) electrons. The number of aromatic amines is 1. The monoisotopic (exact) mass is 238 g/mol. The predicted molar refractivity (Wildman–Crippen MR) is 70.9 cm³/mol. The van der Waals surface area contributed by atoms with Gasteiger partial charge in [0.1, 0.15) is 0 Å². The van der Waals surface area contributed by atoms with Crippen molar-refractivity contribution in [1.29, 1.82) is 0 Å². The van der Waals surface area contributed by atoms with Crippen molar-refractivity contribution in [3.8, 4) is 0 Å². The highest BCUT2D eigenvalue weighted by atomic mass is 15.1. The van der Waals surface area contributed by atoms with E-state index in [-0.39, 0.29) is 0 Å². The molecule has 0 unspecified atom stereocenters. The molecule has 0 atom stereocenters. The normalized spacial score (nSPS) is 10.9. The van der Waals surface area contributed by atoms with E-state index < -0.39 is 0 Å². The van der Waals surface area contributed by atoms with Gasteiger partial charge in [-0.1, -0.05) is 24.3 Å². The van der Waals surface area contributed by atoms with Crippen LogP contribution in [-0.2, 0) is 13.1 Å². The van der Waals surface area contributed by atoms with Gasteiger partial charge in [-0.3, -0.25) is 10.1 Å². The summed E-state index contributed by atoms with van der Waals surface area (Å²) < 4.78 is 0. The maximum atomic E-state index is 4.44.